The summed E-state index contributed by atoms with van der Waals surface area (Å²) in [5.74, 6) is -1.10. The molecule has 46 heavy (non-hydrogen) atoms. The average Bonchev–Trinajstić information content (AvgIpc) is 2.99. The molecule has 0 radical (unpaired) electrons. The molecule has 0 saturated heterocycles. The highest BCUT2D eigenvalue weighted by molar-refractivity contribution is 5.85. The monoisotopic (exact) mass is 638 g/mol. The van der Waals surface area contributed by atoms with Crippen LogP contribution in [0.1, 0.15) is 106 Å². The minimum Gasteiger partial charge on any atom is -0.459 e. The van der Waals surface area contributed by atoms with Gasteiger partial charge in [0.15, 0.2) is 0 Å². The second kappa shape index (κ2) is 17.2. The molecule has 9 nitrogen and oxygen atoms in total. The zero-order valence-electron chi connectivity index (χ0n) is 29.0. The van der Waals surface area contributed by atoms with Crippen LogP contribution in [0, 0.1) is 26.9 Å². The summed E-state index contributed by atoms with van der Waals surface area (Å²) in [6, 6.07) is 17.9. The molecule has 4 atom stereocenters. The Morgan fingerprint density at radius 1 is 0.891 bits per heavy atom. The van der Waals surface area contributed by atoms with Crippen molar-refractivity contribution in [2.75, 3.05) is 6.61 Å². The van der Waals surface area contributed by atoms with Gasteiger partial charge >= 0.3 is 5.97 Å². The number of hydrogen-bond acceptors (Lipinski definition) is 7. The van der Waals surface area contributed by atoms with Gasteiger partial charge in [0.25, 0.3) is 5.09 Å². The first-order chi connectivity index (χ1) is 21.5. The largest absolute Gasteiger partial charge is 0.459 e. The molecule has 0 aliphatic heterocycles. The third-order valence-electron chi connectivity index (χ3n) is 8.57. The number of ether oxygens (including phenoxy) is 1. The predicted octanol–water partition coefficient (Wildman–Crippen LogP) is 7.92. The molecule has 2 rings (SSSR count). The van der Waals surface area contributed by atoms with Crippen LogP contribution >= 0.6 is 0 Å². The summed E-state index contributed by atoms with van der Waals surface area (Å²) in [5.41, 5.74) is 1.65. The van der Waals surface area contributed by atoms with E-state index < -0.39 is 28.0 Å². The maximum absolute atomic E-state index is 13.5. The maximum Gasteiger partial charge on any atom is 0.309 e. The summed E-state index contributed by atoms with van der Waals surface area (Å²) in [4.78, 5) is 54.5. The topological polar surface area (TPSA) is 125 Å². The van der Waals surface area contributed by atoms with Gasteiger partial charge in [-0.25, -0.2) is 0 Å². The summed E-state index contributed by atoms with van der Waals surface area (Å²) in [6.45, 7) is 15.3. The number of benzene rings is 2. The van der Waals surface area contributed by atoms with Gasteiger partial charge in [0.2, 0.25) is 5.91 Å². The van der Waals surface area contributed by atoms with Crippen molar-refractivity contribution in [3.8, 4) is 11.1 Å². The van der Waals surface area contributed by atoms with E-state index in [1.807, 2.05) is 90.9 Å². The summed E-state index contributed by atoms with van der Waals surface area (Å²) >= 11 is 0. The summed E-state index contributed by atoms with van der Waals surface area (Å²) < 4.78 is 6.08. The van der Waals surface area contributed by atoms with Crippen LogP contribution < -0.4 is 5.32 Å². The Balaban J connectivity index is 2.17. The Morgan fingerprint density at radius 3 is 2.04 bits per heavy atom. The Kier molecular flexibility index (Phi) is 14.4. The lowest BCUT2D eigenvalue weighted by Gasteiger charge is -2.38. The van der Waals surface area contributed by atoms with Gasteiger partial charge < -0.3 is 14.9 Å². The van der Waals surface area contributed by atoms with Crippen LogP contribution in [0.2, 0.25) is 0 Å². The number of esters is 1. The van der Waals surface area contributed by atoms with Gasteiger partial charge in [-0.15, -0.1) is 10.1 Å². The van der Waals surface area contributed by atoms with E-state index in [9.17, 15) is 24.5 Å². The molecule has 0 aliphatic carbocycles. The van der Waals surface area contributed by atoms with Gasteiger partial charge in [0.05, 0.1) is 5.92 Å². The van der Waals surface area contributed by atoms with Gasteiger partial charge in [-0.2, -0.15) is 0 Å². The van der Waals surface area contributed by atoms with Crippen molar-refractivity contribution < 1.29 is 29.0 Å². The number of nitrogens with one attached hydrogen (secondary N) is 1. The Bertz CT molecular complexity index is 1290. The van der Waals surface area contributed by atoms with E-state index in [4.69, 9.17) is 9.57 Å². The third kappa shape index (κ3) is 13.7. The van der Waals surface area contributed by atoms with E-state index in [1.165, 1.54) is 0 Å². The molecule has 1 amide bonds. The van der Waals surface area contributed by atoms with E-state index in [2.05, 4.69) is 17.4 Å². The number of carbonyl (C=O) groups excluding carboxylic acids is 3. The first kappa shape index (κ1) is 38.4. The zero-order chi connectivity index (χ0) is 34.5. The number of amides is 1. The molecule has 0 aliphatic rings. The molecule has 0 heterocycles. The molecule has 2 unspecified atom stereocenters. The smallest absolute Gasteiger partial charge is 0.309 e. The van der Waals surface area contributed by atoms with Crippen molar-refractivity contribution in [2.24, 2.45) is 16.7 Å². The predicted molar refractivity (Wildman–Crippen MR) is 180 cm³/mol. The molecule has 2 aromatic carbocycles. The van der Waals surface area contributed by atoms with Gasteiger partial charge in [0, 0.05) is 25.3 Å². The van der Waals surface area contributed by atoms with Crippen molar-refractivity contribution >= 4 is 17.7 Å². The van der Waals surface area contributed by atoms with Crippen LogP contribution in [0.25, 0.3) is 11.1 Å². The summed E-state index contributed by atoms with van der Waals surface area (Å²) in [7, 11) is 0. The van der Waals surface area contributed by atoms with Gasteiger partial charge in [0.1, 0.15) is 18.0 Å². The maximum atomic E-state index is 13.5. The number of carbonyl (C=O) groups is 3. The van der Waals surface area contributed by atoms with Crippen LogP contribution in [-0.4, -0.2) is 41.0 Å². The first-order valence-electron chi connectivity index (χ1n) is 16.4. The van der Waals surface area contributed by atoms with Crippen LogP contribution in [-0.2, 0) is 30.4 Å². The molecule has 1 N–H and O–H groups in total. The molecule has 0 bridgehead atoms. The lowest BCUT2D eigenvalue weighted by Crippen LogP contribution is -2.42. The van der Waals surface area contributed by atoms with Crippen molar-refractivity contribution in [1.29, 1.82) is 0 Å². The minimum absolute atomic E-state index is 0.0502. The van der Waals surface area contributed by atoms with Crippen molar-refractivity contribution in [3.63, 3.8) is 0 Å². The van der Waals surface area contributed by atoms with E-state index in [0.29, 0.717) is 38.5 Å². The molecule has 0 spiro atoms. The highest BCUT2D eigenvalue weighted by atomic mass is 16.9. The quantitative estimate of drug-likeness (QED) is 0.0941. The Hall–Kier alpha value is -3.75. The van der Waals surface area contributed by atoms with Gasteiger partial charge in [-0.1, -0.05) is 103 Å². The lowest BCUT2D eigenvalue weighted by atomic mass is 9.77. The highest BCUT2D eigenvalue weighted by Crippen LogP contribution is 2.37. The summed E-state index contributed by atoms with van der Waals surface area (Å²) in [5, 5.41) is 13.1. The van der Waals surface area contributed by atoms with E-state index in [-0.39, 0.29) is 42.6 Å². The van der Waals surface area contributed by atoms with Gasteiger partial charge in [-0.05, 0) is 66.5 Å². The second-order valence-electron chi connectivity index (χ2n) is 14.5. The van der Waals surface area contributed by atoms with E-state index >= 15 is 0 Å². The van der Waals surface area contributed by atoms with Crippen LogP contribution in [0.5, 0.6) is 0 Å². The highest BCUT2D eigenvalue weighted by Gasteiger charge is 2.38. The minimum atomic E-state index is -0.852. The second-order valence-corrected chi connectivity index (χ2v) is 14.5. The molecule has 2 aromatic rings. The van der Waals surface area contributed by atoms with Crippen molar-refractivity contribution in [3.05, 3.63) is 70.3 Å². The first-order valence-corrected chi connectivity index (χ1v) is 16.4. The molecule has 9 heteroatoms. The SMILES string of the molecule is CCC(C)(CO[N+](=O)[O-])CC(C)(CC)OC(=O)[C@H](C)C[C@@H](Cc1ccc(-c2ccccc2)cc1)NC(=O)CCC(=O)CC(C)(C)C. The zero-order valence-corrected chi connectivity index (χ0v) is 29.0. The normalized spacial score (nSPS) is 15.5. The standard InChI is InChI=1S/C37H54N2O7/c1-9-36(7,26-45-39(43)44)25-37(8,10-2)46-34(42)27(3)22-31(38-33(41)21-20-32(40)24-35(4,5)6)23-28-16-18-30(19-17-28)29-14-12-11-13-15-29/h11-19,27,31H,9-10,20-26H2,1-8H3,(H,38,41)/t27-,31+,36?,37?/m1/s1. The lowest BCUT2D eigenvalue weighted by molar-refractivity contribution is -0.761. The molecular formula is C37H54N2O7. The molecule has 0 saturated carbocycles. The van der Waals surface area contributed by atoms with Crippen molar-refractivity contribution in [1.82, 2.24) is 5.32 Å². The fraction of sp³-hybridized carbons (Fsp3) is 0.595. The Labute approximate surface area is 274 Å². The van der Waals surface area contributed by atoms with Gasteiger partial charge in [-0.3, -0.25) is 14.4 Å². The van der Waals surface area contributed by atoms with Crippen LogP contribution in [0.3, 0.4) is 0 Å². The molecule has 0 aromatic heterocycles. The molecule has 0 fully saturated rings. The van der Waals surface area contributed by atoms with E-state index in [0.717, 1.165) is 16.7 Å². The van der Waals surface area contributed by atoms with Crippen LogP contribution in [0.4, 0.5) is 0 Å². The molecular weight excluding hydrogens is 584 g/mol. The van der Waals surface area contributed by atoms with E-state index in [1.54, 1.807) is 6.92 Å². The number of nitrogens with zero attached hydrogens (tertiary/aromatic N) is 1. The fourth-order valence-corrected chi connectivity index (χ4v) is 5.66. The fourth-order valence-electron chi connectivity index (χ4n) is 5.66. The number of hydrogen-bond donors (Lipinski definition) is 1. The number of Topliss-reactive ketones (excluding diaryl/α,β-unsaturated/α-hetero) is 1. The Morgan fingerprint density at radius 2 is 1.50 bits per heavy atom. The third-order valence-corrected chi connectivity index (χ3v) is 8.57. The summed E-state index contributed by atoms with van der Waals surface area (Å²) in [6.07, 6.45) is 3.05. The number of ketones is 1. The molecule has 254 valence electrons. The average molecular weight is 639 g/mol. The number of rotatable bonds is 19. The van der Waals surface area contributed by atoms with Crippen LogP contribution in [0.15, 0.2) is 54.6 Å². The van der Waals surface area contributed by atoms with Crippen molar-refractivity contribution in [2.45, 2.75) is 118 Å².